The Kier molecular flexibility index (Phi) is 4.40. The standard InChI is InChI=1S/C36H20F2N2O/c37-22-11-16-30-27(19-22)28-20-23(38)12-17-31(28)39(30)24-13-9-21(10-14-24)25-15-18-34-36-35(25)26-5-1-2-6-29(26)40(36)32-7-3-4-8-33(32)41-34/h1-20H. The number of fused-ring (bicyclic) bond motifs is 8. The van der Waals surface area contributed by atoms with Crippen molar-refractivity contribution in [2.24, 2.45) is 0 Å². The third kappa shape index (κ3) is 3.06. The fourth-order valence-electron chi connectivity index (χ4n) is 6.52. The summed E-state index contributed by atoms with van der Waals surface area (Å²) < 4.78 is 39.1. The highest BCUT2D eigenvalue weighted by Gasteiger charge is 2.25. The zero-order chi connectivity index (χ0) is 27.2. The van der Waals surface area contributed by atoms with Crippen molar-refractivity contribution in [3.8, 4) is 34.0 Å². The Labute approximate surface area is 233 Å². The number of benzene rings is 6. The van der Waals surface area contributed by atoms with Gasteiger partial charge in [0.05, 0.1) is 27.8 Å². The van der Waals surface area contributed by atoms with Gasteiger partial charge >= 0.3 is 0 Å². The van der Waals surface area contributed by atoms with E-state index in [0.717, 1.165) is 66.8 Å². The highest BCUT2D eigenvalue weighted by molar-refractivity contribution is 6.18. The first-order chi connectivity index (χ1) is 20.2. The highest BCUT2D eigenvalue weighted by atomic mass is 19.1. The van der Waals surface area contributed by atoms with E-state index in [0.29, 0.717) is 10.8 Å². The molecule has 0 unspecified atom stereocenters. The Morgan fingerprint density at radius 1 is 0.512 bits per heavy atom. The Hall–Kier alpha value is -5.42. The maximum Gasteiger partial charge on any atom is 0.152 e. The van der Waals surface area contributed by atoms with Gasteiger partial charge in [-0.15, -0.1) is 0 Å². The summed E-state index contributed by atoms with van der Waals surface area (Å²) >= 11 is 0. The van der Waals surface area contributed by atoms with Crippen LogP contribution in [0.15, 0.2) is 121 Å². The molecular weight excluding hydrogens is 514 g/mol. The number of ether oxygens (including phenoxy) is 1. The zero-order valence-electron chi connectivity index (χ0n) is 21.6. The van der Waals surface area contributed by atoms with Gasteiger partial charge < -0.3 is 13.9 Å². The molecule has 0 radical (unpaired) electrons. The lowest BCUT2D eigenvalue weighted by molar-refractivity contribution is 0.476. The average Bonchev–Trinajstić information content (AvgIpc) is 3.52. The molecule has 2 aromatic heterocycles. The smallest absolute Gasteiger partial charge is 0.152 e. The lowest BCUT2D eigenvalue weighted by Gasteiger charge is -2.21. The summed E-state index contributed by atoms with van der Waals surface area (Å²) in [4.78, 5) is 0. The van der Waals surface area contributed by atoms with Gasteiger partial charge in [0.2, 0.25) is 0 Å². The molecule has 41 heavy (non-hydrogen) atoms. The van der Waals surface area contributed by atoms with Crippen LogP contribution in [0.25, 0.3) is 66.1 Å². The van der Waals surface area contributed by atoms with Crippen LogP contribution in [0.5, 0.6) is 11.5 Å². The van der Waals surface area contributed by atoms with Crippen LogP contribution in [0.4, 0.5) is 8.78 Å². The van der Waals surface area contributed by atoms with Crippen LogP contribution in [-0.4, -0.2) is 9.13 Å². The summed E-state index contributed by atoms with van der Waals surface area (Å²) in [5, 5.41) is 3.67. The molecule has 0 aliphatic carbocycles. The second kappa shape index (κ2) is 8.05. The van der Waals surface area contributed by atoms with Crippen molar-refractivity contribution in [3.63, 3.8) is 0 Å². The van der Waals surface area contributed by atoms with Crippen LogP contribution < -0.4 is 4.74 Å². The van der Waals surface area contributed by atoms with E-state index in [-0.39, 0.29) is 11.6 Å². The minimum atomic E-state index is -0.345. The highest BCUT2D eigenvalue weighted by Crippen LogP contribution is 2.48. The summed E-state index contributed by atoms with van der Waals surface area (Å²) in [7, 11) is 0. The van der Waals surface area contributed by atoms with Crippen LogP contribution in [0.3, 0.4) is 0 Å². The molecule has 9 rings (SSSR count). The lowest BCUT2D eigenvalue weighted by atomic mass is 9.98. The van der Waals surface area contributed by atoms with E-state index >= 15 is 0 Å². The quantitative estimate of drug-likeness (QED) is 0.216. The molecule has 0 N–H and O–H groups in total. The first-order valence-electron chi connectivity index (χ1n) is 13.5. The molecule has 1 aliphatic rings. The van der Waals surface area contributed by atoms with Crippen molar-refractivity contribution in [1.29, 1.82) is 0 Å². The molecule has 1 aliphatic heterocycles. The van der Waals surface area contributed by atoms with Crippen LogP contribution in [0, 0.1) is 11.6 Å². The first kappa shape index (κ1) is 22.4. The van der Waals surface area contributed by atoms with Gasteiger partial charge in [0.1, 0.15) is 11.6 Å². The van der Waals surface area contributed by atoms with E-state index in [4.69, 9.17) is 4.74 Å². The monoisotopic (exact) mass is 534 g/mol. The Balaban J connectivity index is 1.27. The lowest BCUT2D eigenvalue weighted by Crippen LogP contribution is -2.03. The zero-order valence-corrected chi connectivity index (χ0v) is 21.6. The molecule has 0 amide bonds. The molecule has 0 saturated carbocycles. The number of hydrogen-bond donors (Lipinski definition) is 0. The van der Waals surface area contributed by atoms with Crippen molar-refractivity contribution >= 4 is 43.6 Å². The van der Waals surface area contributed by atoms with E-state index < -0.39 is 0 Å². The average molecular weight is 535 g/mol. The predicted octanol–water partition coefficient (Wildman–Crippen LogP) is 9.93. The Morgan fingerprint density at radius 2 is 1.17 bits per heavy atom. The maximum atomic E-state index is 14.2. The second-order valence-corrected chi connectivity index (χ2v) is 10.5. The number of rotatable bonds is 2. The topological polar surface area (TPSA) is 19.1 Å². The second-order valence-electron chi connectivity index (χ2n) is 10.5. The fraction of sp³-hybridized carbons (Fsp3) is 0. The van der Waals surface area contributed by atoms with Gasteiger partial charge in [0.15, 0.2) is 11.5 Å². The Bertz CT molecular complexity index is 2300. The van der Waals surface area contributed by atoms with Crippen molar-refractivity contribution in [2.45, 2.75) is 0 Å². The van der Waals surface area contributed by atoms with Gasteiger partial charge in [-0.2, -0.15) is 0 Å². The summed E-state index contributed by atoms with van der Waals surface area (Å²) in [5.74, 6) is 0.982. The van der Waals surface area contributed by atoms with Crippen molar-refractivity contribution in [2.75, 3.05) is 0 Å². The first-order valence-corrected chi connectivity index (χ1v) is 13.5. The summed E-state index contributed by atoms with van der Waals surface area (Å²) in [6, 6.07) is 38.5. The maximum absolute atomic E-state index is 14.2. The molecule has 0 saturated heterocycles. The number of halogens is 2. The van der Waals surface area contributed by atoms with Crippen molar-refractivity contribution in [1.82, 2.24) is 9.13 Å². The van der Waals surface area contributed by atoms with E-state index in [9.17, 15) is 8.78 Å². The van der Waals surface area contributed by atoms with Gasteiger partial charge in [-0.1, -0.05) is 42.5 Å². The Morgan fingerprint density at radius 3 is 1.93 bits per heavy atom. The third-order valence-corrected chi connectivity index (χ3v) is 8.23. The normalized spacial score (nSPS) is 12.3. The minimum absolute atomic E-state index is 0.345. The van der Waals surface area contributed by atoms with Gasteiger partial charge in [-0.3, -0.25) is 0 Å². The van der Waals surface area contributed by atoms with Crippen LogP contribution in [0.2, 0.25) is 0 Å². The summed E-state index contributed by atoms with van der Waals surface area (Å²) in [6.07, 6.45) is 0. The number of aromatic nitrogens is 2. The number of para-hydroxylation sites is 3. The van der Waals surface area contributed by atoms with Gasteiger partial charge in [0.25, 0.3) is 0 Å². The largest absolute Gasteiger partial charge is 0.453 e. The molecule has 0 fully saturated rings. The molecule has 8 aromatic rings. The van der Waals surface area contributed by atoms with E-state index in [2.05, 4.69) is 69.8 Å². The van der Waals surface area contributed by atoms with E-state index in [1.807, 2.05) is 24.3 Å². The summed E-state index contributed by atoms with van der Waals surface area (Å²) in [5.41, 5.74) is 7.96. The molecular formula is C36H20F2N2O. The molecule has 0 spiro atoms. The third-order valence-electron chi connectivity index (χ3n) is 8.23. The number of hydrogen-bond acceptors (Lipinski definition) is 1. The minimum Gasteiger partial charge on any atom is -0.453 e. The van der Waals surface area contributed by atoms with Crippen molar-refractivity contribution in [3.05, 3.63) is 133 Å². The number of nitrogens with zero attached hydrogens (tertiary/aromatic N) is 2. The molecule has 3 nitrogen and oxygen atoms in total. The van der Waals surface area contributed by atoms with E-state index in [1.165, 1.54) is 24.3 Å². The van der Waals surface area contributed by atoms with Crippen LogP contribution in [-0.2, 0) is 0 Å². The SMILES string of the molecule is Fc1ccc2c(c1)c1cc(F)ccc1n2-c1ccc(-c2ccc3c4c2c2ccccc2n4-c2ccccc2O3)cc1. The van der Waals surface area contributed by atoms with Crippen LogP contribution in [0.1, 0.15) is 0 Å². The molecule has 6 aromatic carbocycles. The van der Waals surface area contributed by atoms with Gasteiger partial charge in [-0.05, 0) is 90.0 Å². The van der Waals surface area contributed by atoms with Crippen LogP contribution >= 0.6 is 0 Å². The molecule has 0 bridgehead atoms. The van der Waals surface area contributed by atoms with E-state index in [1.54, 1.807) is 12.1 Å². The molecule has 0 atom stereocenters. The van der Waals surface area contributed by atoms with Crippen molar-refractivity contribution < 1.29 is 13.5 Å². The summed E-state index contributed by atoms with van der Waals surface area (Å²) in [6.45, 7) is 0. The fourth-order valence-corrected chi connectivity index (χ4v) is 6.52. The van der Waals surface area contributed by atoms with Gasteiger partial charge in [-0.25, -0.2) is 8.78 Å². The molecule has 3 heterocycles. The molecule has 5 heteroatoms. The molecule has 194 valence electrons. The predicted molar refractivity (Wildman–Crippen MR) is 161 cm³/mol. The van der Waals surface area contributed by atoms with Gasteiger partial charge in [0, 0.05) is 27.2 Å².